The number of hydrogen-bond donors (Lipinski definition) is 7. The number of aromatic nitrogens is 15. The Morgan fingerprint density at radius 2 is 0.674 bits per heavy atom. The molecule has 10 aromatic heterocycles. The number of aliphatic carboxylic acids is 1. The number of carboxylic acid groups (broad SMARTS) is 1. The number of methoxy groups -OCH3 is 3. The average molecular weight is 1860 g/mol. The van der Waals surface area contributed by atoms with Gasteiger partial charge in [0.05, 0.1) is 104 Å². The maximum Gasteiger partial charge on any atom is 1.00 e. The second-order valence-corrected chi connectivity index (χ2v) is 35.0. The third-order valence-corrected chi connectivity index (χ3v) is 21.4. The summed E-state index contributed by atoms with van der Waals surface area (Å²) < 4.78 is 44.0. The predicted octanol–water partition coefficient (Wildman–Crippen LogP) is 15.0. The number of imidazole rings is 5. The number of nitrogens with two attached hydrogens (primary N) is 3. The molecule has 5 aliphatic rings. The molecule has 5 aliphatic carbocycles. The van der Waals surface area contributed by atoms with E-state index in [1.54, 1.807) is 145 Å². The van der Waals surface area contributed by atoms with Crippen molar-refractivity contribution < 1.29 is 122 Å². The minimum atomic E-state index is -0.905. The van der Waals surface area contributed by atoms with Crippen LogP contribution in [0.1, 0.15) is 262 Å². The number of rotatable bonds is 11. The first kappa shape index (κ1) is 118. The Morgan fingerprint density at radius 3 is 0.985 bits per heavy atom. The Labute approximate surface area is 795 Å². The summed E-state index contributed by atoms with van der Waals surface area (Å²) in [4.78, 5) is 154. The summed E-state index contributed by atoms with van der Waals surface area (Å²) in [6.07, 6.45) is 25.3. The van der Waals surface area contributed by atoms with E-state index in [9.17, 15) is 43.2 Å². The molecule has 0 unspecified atom stereocenters. The number of carboxylic acids is 1. The second-order valence-electron chi connectivity index (χ2n) is 35.0. The van der Waals surface area contributed by atoms with E-state index in [1.807, 2.05) is 31.9 Å². The van der Waals surface area contributed by atoms with Gasteiger partial charge in [-0.15, -0.1) is 0 Å². The summed E-state index contributed by atoms with van der Waals surface area (Å²) in [6.45, 7) is 22.7. The third kappa shape index (κ3) is 29.9. The van der Waals surface area contributed by atoms with E-state index < -0.39 is 52.7 Å². The minimum Gasteiger partial charge on any atom is -0.870 e. The number of nitrogens with one attached hydrogen (secondary N) is 2. The van der Waals surface area contributed by atoms with Gasteiger partial charge in [0, 0.05) is 61.1 Å². The molecule has 0 aromatic carbocycles. The first-order valence-electron chi connectivity index (χ1n) is 40.8. The van der Waals surface area contributed by atoms with Crippen LogP contribution in [-0.4, -0.2) is 187 Å². The topological polar surface area (TPSA) is 550 Å². The first-order valence-corrected chi connectivity index (χ1v) is 40.8. The Balaban J connectivity index is 0.000000801. The van der Waals surface area contributed by atoms with Crippen molar-refractivity contribution in [1.29, 1.82) is 0 Å². The summed E-state index contributed by atoms with van der Waals surface area (Å²) in [5.41, 5.74) is 22.8. The van der Waals surface area contributed by atoms with Gasteiger partial charge in [-0.2, -0.15) is 9.80 Å². The van der Waals surface area contributed by atoms with Crippen LogP contribution < -0.4 is 62.0 Å². The number of esters is 3. The number of imide groups is 2. The van der Waals surface area contributed by atoms with Crippen molar-refractivity contribution in [2.75, 3.05) is 48.3 Å². The molecule has 0 aliphatic heterocycles. The fourth-order valence-electron chi connectivity index (χ4n) is 15.7. The molecule has 41 heteroatoms. The maximum atomic E-state index is 13.0. The van der Waals surface area contributed by atoms with Gasteiger partial charge >= 0.3 is 77.8 Å². The number of amides is 5. The van der Waals surface area contributed by atoms with E-state index in [1.165, 1.54) is 46.5 Å². The Hall–Kier alpha value is -11.8. The Morgan fingerprint density at radius 1 is 0.394 bits per heavy atom. The van der Waals surface area contributed by atoms with Crippen LogP contribution in [0.15, 0.2) is 93.0 Å². The van der Waals surface area contributed by atoms with Crippen LogP contribution in [0.2, 0.25) is 0 Å². The molecule has 5 saturated carbocycles. The second kappa shape index (κ2) is 50.8. The fraction of sp³-hybridized carbons (Fsp3) is 0.571. The largest absolute Gasteiger partial charge is 1.00 e. The number of hydrogen-bond acceptors (Lipinski definition) is 31. The van der Waals surface area contributed by atoms with Gasteiger partial charge in [-0.05, 0) is 216 Å². The molecular weight excluding hydrogens is 1710 g/mol. The van der Waals surface area contributed by atoms with Gasteiger partial charge < -0.3 is 84.2 Å². The summed E-state index contributed by atoms with van der Waals surface area (Å²) in [7, 11) is 4.29. The van der Waals surface area contributed by atoms with Crippen molar-refractivity contribution in [1.82, 2.24) is 78.6 Å². The van der Waals surface area contributed by atoms with E-state index in [4.69, 9.17) is 55.9 Å². The van der Waals surface area contributed by atoms with Crippen molar-refractivity contribution in [2.45, 2.75) is 285 Å². The molecule has 726 valence electrons. The van der Waals surface area contributed by atoms with Crippen LogP contribution in [0.4, 0.5) is 48.3 Å². The fourth-order valence-corrected chi connectivity index (χ4v) is 15.7. The summed E-state index contributed by atoms with van der Waals surface area (Å²) >= 11 is 0. The standard InChI is InChI=1S/C23H32N4O6.C16H22N4O4.C13H16N4O2.C12H15N5O2.C12H14N4O2.C8H14O2.7CH4.Na.H2O/c1-22(2,3)32-20(29)27(21(30)33-23(4,5)6)18-17-16(10-11-24-18)26(13-25-17)15-9-8-14(12-15)19(28)31-7;1-15(2,3)23-13(21)20(14(22)24-16(4,5)6)12-11-10(7-8-17-12)18-9-19-11;1-19-13(18)8-2-3-9(6-8)17-7-16-11-10(17)4-5-15-12(11)14;13-11-10-9(3-4-14-11)17(6-15-10)8-2-1-7(5-8)12(18)16-19;13-11-10-9(3-4-14-11)16(6-15-10)8-2-1-7(5-8)12(17)18;1-6-3-4-7(5-6)8(9)10-2;;;;;;;;;/h10-11,13-15H,8-9,12H2,1-7H3;7-9H,1-6H3,(H,18,19);4-5,7-9H,2-3,6H2,1H3,(H2,14,15);3-4,6-8,19H,1-2,5H2,(H2,13,14)(H,16,18);3-4,6-8H,1-2,5H2,(H2,13,14)(H,17,18);6-7H,3-5H2,1-2H3;7*1H4;;1H2/q;;;;;;;;;;;;;+1;/p-1/t14-,15-;;8-,9-;2*7-,8-;6-,7+;;;;;;;;;/m1.1110........./s1. The van der Waals surface area contributed by atoms with Gasteiger partial charge in [-0.3, -0.25) is 29.2 Å². The van der Waals surface area contributed by atoms with Gasteiger partial charge in [0.2, 0.25) is 5.91 Å². The van der Waals surface area contributed by atoms with Gasteiger partial charge in [0.25, 0.3) is 0 Å². The van der Waals surface area contributed by atoms with Crippen LogP contribution >= 0.6 is 0 Å². The summed E-state index contributed by atoms with van der Waals surface area (Å²) in [6, 6.07) is 9.80. The summed E-state index contributed by atoms with van der Waals surface area (Å²) in [5, 5.41) is 17.7. The molecule has 0 saturated heterocycles. The summed E-state index contributed by atoms with van der Waals surface area (Å²) in [5.74, 6) is 0.318. The number of nitrogens with zero attached hydrogens (tertiary/aromatic N) is 16. The molecular formula is C91H142N21NaO19. The molecule has 5 fully saturated rings. The monoisotopic (exact) mass is 1860 g/mol. The van der Waals surface area contributed by atoms with Crippen LogP contribution in [0.5, 0.6) is 0 Å². The van der Waals surface area contributed by atoms with Crippen molar-refractivity contribution in [3.05, 3.63) is 93.0 Å². The number of carbonyl (C=O) groups is 9. The molecule has 10 aromatic rings. The number of hydroxylamine groups is 1. The number of fused-ring (bicyclic) bond motifs is 5. The van der Waals surface area contributed by atoms with Gasteiger partial charge in [0.15, 0.2) is 29.1 Å². The molecule has 5 amide bonds. The molecule has 0 spiro atoms. The molecule has 0 bridgehead atoms. The SMILES string of the molecule is C.C.C.C.C.C.C.CC(C)(C)OC(=O)N(C(=O)OC(C)(C)C)c1nccc2[nH]cnc12.COC(=O)[C@@H]1CC[C@@H](n2cnc3c(N(C(=O)OC(C)(C)C)C(=O)OC(C)(C)C)nccc32)C1.COC(=O)[C@@H]1CC[C@@H](n2cnc3c(N)nccc32)C1.COC(=O)[C@@H]1CC[C@H](C)C1.Nc1nccc2c1ncn2[C@@H]1CC[C@@H](C(=O)NO)C1.Nc1nccc2c1ncn2[C@@H]1CC[C@@H](C(=O)O)C1.[Na+].[OH-]. The van der Waals surface area contributed by atoms with E-state index in [2.05, 4.69) is 71.1 Å². The van der Waals surface area contributed by atoms with Gasteiger partial charge in [-0.1, -0.05) is 58.9 Å². The molecule has 10 atom stereocenters. The Kier molecular flexibility index (Phi) is 45.5. The number of anilines is 5. The van der Waals surface area contributed by atoms with Crippen molar-refractivity contribution in [2.24, 2.45) is 35.5 Å². The molecule has 10 heterocycles. The van der Waals surface area contributed by atoms with Gasteiger partial charge in [0.1, 0.15) is 50.0 Å². The number of ether oxygens (including phenoxy) is 7. The van der Waals surface area contributed by atoms with Crippen LogP contribution in [0, 0.1) is 35.5 Å². The van der Waals surface area contributed by atoms with E-state index in [-0.39, 0.29) is 176 Å². The van der Waals surface area contributed by atoms with E-state index in [0.717, 1.165) is 102 Å². The number of carbonyl (C=O) groups excluding carboxylic acids is 8. The molecule has 11 N–H and O–H groups in total. The maximum absolute atomic E-state index is 13.0. The van der Waals surface area contributed by atoms with E-state index in [0.29, 0.717) is 75.7 Å². The predicted molar refractivity (Wildman–Crippen MR) is 502 cm³/mol. The molecule has 0 radical (unpaired) electrons. The zero-order valence-electron chi connectivity index (χ0n) is 73.8. The number of H-pyrrole nitrogens is 1. The molecule has 15 rings (SSSR count). The van der Waals surface area contributed by atoms with E-state index >= 15 is 0 Å². The third-order valence-electron chi connectivity index (χ3n) is 21.4. The minimum absolute atomic E-state index is 0. The number of aromatic amines is 1. The normalized spacial score (nSPS) is 19.1. The quantitative estimate of drug-likeness (QED) is 0.0208. The first-order chi connectivity index (χ1) is 58.1. The zero-order valence-corrected chi connectivity index (χ0v) is 75.8. The van der Waals surface area contributed by atoms with Crippen LogP contribution in [0.25, 0.3) is 55.2 Å². The van der Waals surface area contributed by atoms with Crippen molar-refractivity contribution >= 4 is 138 Å². The van der Waals surface area contributed by atoms with Crippen molar-refractivity contribution in [3.8, 4) is 0 Å². The smallest absolute Gasteiger partial charge is 0.870 e. The number of pyridine rings is 5. The average Bonchev–Trinajstić information content (AvgIpc) is 1.62. The van der Waals surface area contributed by atoms with Gasteiger partial charge in [-0.25, -0.2) is 74.5 Å². The number of nitrogen functional groups attached to an aromatic ring is 3. The molecule has 132 heavy (non-hydrogen) atoms. The molecule has 40 nitrogen and oxygen atoms in total. The van der Waals surface area contributed by atoms with Crippen LogP contribution in [-0.2, 0) is 57.1 Å². The Bertz CT molecular complexity index is 5270. The van der Waals surface area contributed by atoms with Crippen molar-refractivity contribution in [3.63, 3.8) is 0 Å². The van der Waals surface area contributed by atoms with Crippen LogP contribution in [0.3, 0.4) is 0 Å². The zero-order chi connectivity index (χ0) is 89.7.